The minimum Gasteiger partial charge on any atom is -0.348 e. The maximum Gasteiger partial charge on any atom is 0.263 e. The Labute approximate surface area is 159 Å². The molecular formula is C20H22N4O2S. The number of hydrogen-bond donors (Lipinski definition) is 1. The molecule has 0 radical (unpaired) electrons. The standard InChI is InChI=1S/C20H22N4O2S/c1-16(2)24(15-17-9-5-3-6-10-17)20-14-13-19(21-22-20)23-27(25,26)18-11-7-4-8-12-18/h3-14,16H,15H2,1-2H3,(H,21,23). The van der Waals surface area contributed by atoms with Gasteiger partial charge in [0.25, 0.3) is 10.0 Å². The highest BCUT2D eigenvalue weighted by atomic mass is 32.2. The van der Waals surface area contributed by atoms with Crippen LogP contribution in [0.25, 0.3) is 0 Å². The Bertz CT molecular complexity index is 960. The van der Waals surface area contributed by atoms with Crippen LogP contribution in [0.5, 0.6) is 0 Å². The lowest BCUT2D eigenvalue weighted by molar-refractivity contribution is 0.601. The second-order valence-electron chi connectivity index (χ2n) is 6.40. The van der Waals surface area contributed by atoms with Gasteiger partial charge in [-0.15, -0.1) is 10.2 Å². The quantitative estimate of drug-likeness (QED) is 0.674. The van der Waals surface area contributed by atoms with E-state index in [0.29, 0.717) is 12.4 Å². The molecule has 0 bridgehead atoms. The zero-order valence-electron chi connectivity index (χ0n) is 15.3. The van der Waals surface area contributed by atoms with Gasteiger partial charge in [-0.3, -0.25) is 4.72 Å². The van der Waals surface area contributed by atoms with Crippen LogP contribution in [-0.2, 0) is 16.6 Å². The number of hydrogen-bond acceptors (Lipinski definition) is 5. The molecule has 0 saturated heterocycles. The molecular weight excluding hydrogens is 360 g/mol. The van der Waals surface area contributed by atoms with Gasteiger partial charge in [-0.1, -0.05) is 48.5 Å². The summed E-state index contributed by atoms with van der Waals surface area (Å²) in [6.07, 6.45) is 0. The van der Waals surface area contributed by atoms with E-state index in [9.17, 15) is 8.42 Å². The monoisotopic (exact) mass is 382 g/mol. The lowest BCUT2D eigenvalue weighted by Gasteiger charge is -2.27. The molecule has 0 atom stereocenters. The zero-order chi connectivity index (χ0) is 19.3. The molecule has 0 aliphatic heterocycles. The van der Waals surface area contributed by atoms with Gasteiger partial charge in [-0.2, -0.15) is 0 Å². The second-order valence-corrected chi connectivity index (χ2v) is 8.08. The van der Waals surface area contributed by atoms with Crippen molar-refractivity contribution in [2.75, 3.05) is 9.62 Å². The largest absolute Gasteiger partial charge is 0.348 e. The molecule has 0 saturated carbocycles. The molecule has 0 amide bonds. The summed E-state index contributed by atoms with van der Waals surface area (Å²) < 4.78 is 27.2. The molecule has 1 heterocycles. The molecule has 0 aliphatic carbocycles. The fourth-order valence-electron chi connectivity index (χ4n) is 2.64. The van der Waals surface area contributed by atoms with Crippen LogP contribution >= 0.6 is 0 Å². The molecule has 1 N–H and O–H groups in total. The number of sulfonamides is 1. The summed E-state index contributed by atoms with van der Waals surface area (Å²) in [4.78, 5) is 2.29. The molecule has 2 aromatic carbocycles. The Morgan fingerprint density at radius 2 is 1.52 bits per heavy atom. The molecule has 3 aromatic rings. The fraction of sp³-hybridized carbons (Fsp3) is 0.200. The Balaban J connectivity index is 1.77. The maximum absolute atomic E-state index is 12.4. The molecule has 0 fully saturated rings. The van der Waals surface area contributed by atoms with Crippen molar-refractivity contribution in [3.05, 3.63) is 78.4 Å². The van der Waals surface area contributed by atoms with Crippen molar-refractivity contribution in [3.8, 4) is 0 Å². The van der Waals surface area contributed by atoms with Crippen LogP contribution in [0.15, 0.2) is 77.7 Å². The second kappa shape index (κ2) is 8.18. The highest BCUT2D eigenvalue weighted by Crippen LogP contribution is 2.19. The third-order valence-electron chi connectivity index (χ3n) is 4.06. The van der Waals surface area contributed by atoms with Crippen molar-refractivity contribution in [3.63, 3.8) is 0 Å². The number of nitrogens with zero attached hydrogens (tertiary/aromatic N) is 3. The Kier molecular flexibility index (Phi) is 5.71. The van der Waals surface area contributed by atoms with Gasteiger partial charge in [0.15, 0.2) is 11.6 Å². The van der Waals surface area contributed by atoms with Gasteiger partial charge >= 0.3 is 0 Å². The maximum atomic E-state index is 12.4. The van der Waals surface area contributed by atoms with E-state index < -0.39 is 10.0 Å². The fourth-order valence-corrected chi connectivity index (χ4v) is 3.65. The van der Waals surface area contributed by atoms with Crippen molar-refractivity contribution >= 4 is 21.7 Å². The predicted octanol–water partition coefficient (Wildman–Crippen LogP) is 3.69. The third kappa shape index (κ3) is 4.83. The third-order valence-corrected chi connectivity index (χ3v) is 5.43. The molecule has 140 valence electrons. The SMILES string of the molecule is CC(C)N(Cc1ccccc1)c1ccc(NS(=O)(=O)c2ccccc2)nn1. The summed E-state index contributed by atoms with van der Waals surface area (Å²) in [7, 11) is -3.68. The summed E-state index contributed by atoms with van der Waals surface area (Å²) in [5.74, 6) is 0.877. The van der Waals surface area contributed by atoms with Gasteiger partial charge in [-0.05, 0) is 43.7 Å². The molecule has 7 heteroatoms. The van der Waals surface area contributed by atoms with Crippen LogP contribution in [0.4, 0.5) is 11.6 Å². The number of benzene rings is 2. The lowest BCUT2D eigenvalue weighted by Crippen LogP contribution is -2.31. The minimum absolute atomic E-state index is 0.184. The summed E-state index contributed by atoms with van der Waals surface area (Å²) in [5.41, 5.74) is 1.17. The molecule has 6 nitrogen and oxygen atoms in total. The van der Waals surface area contributed by atoms with Gasteiger partial charge in [0.05, 0.1) is 4.90 Å². The van der Waals surface area contributed by atoms with Crippen LogP contribution in [0.2, 0.25) is 0 Å². The Morgan fingerprint density at radius 3 is 2.07 bits per heavy atom. The van der Waals surface area contributed by atoms with Crippen LogP contribution in [0.1, 0.15) is 19.4 Å². The van der Waals surface area contributed by atoms with Crippen LogP contribution in [0.3, 0.4) is 0 Å². The average Bonchev–Trinajstić information content (AvgIpc) is 2.68. The summed E-state index contributed by atoms with van der Waals surface area (Å²) in [5, 5.41) is 8.28. The predicted molar refractivity (Wildman–Crippen MR) is 107 cm³/mol. The van der Waals surface area contributed by atoms with Crippen molar-refractivity contribution in [2.24, 2.45) is 0 Å². The topological polar surface area (TPSA) is 75.2 Å². The van der Waals surface area contributed by atoms with Gasteiger partial charge < -0.3 is 4.90 Å². The molecule has 3 rings (SSSR count). The van der Waals surface area contributed by atoms with E-state index in [1.807, 2.05) is 18.2 Å². The Morgan fingerprint density at radius 1 is 0.889 bits per heavy atom. The number of aromatic nitrogens is 2. The molecule has 0 aliphatic rings. The highest BCUT2D eigenvalue weighted by molar-refractivity contribution is 7.92. The number of nitrogens with one attached hydrogen (secondary N) is 1. The van der Waals surface area contributed by atoms with Crippen LogP contribution < -0.4 is 9.62 Å². The normalized spacial score (nSPS) is 11.4. The lowest BCUT2D eigenvalue weighted by atomic mass is 10.2. The average molecular weight is 382 g/mol. The van der Waals surface area contributed by atoms with Gasteiger partial charge in [0.1, 0.15) is 0 Å². The first kappa shape index (κ1) is 18.8. The smallest absolute Gasteiger partial charge is 0.263 e. The number of rotatable bonds is 7. The van der Waals surface area contributed by atoms with Crippen LogP contribution in [-0.4, -0.2) is 24.7 Å². The van der Waals surface area contributed by atoms with Crippen molar-refractivity contribution < 1.29 is 8.42 Å². The van der Waals surface area contributed by atoms with E-state index in [0.717, 1.165) is 0 Å². The summed E-state index contributed by atoms with van der Waals surface area (Å²) >= 11 is 0. The van der Waals surface area contributed by atoms with E-state index in [1.54, 1.807) is 30.3 Å². The van der Waals surface area contributed by atoms with Crippen molar-refractivity contribution in [1.82, 2.24) is 10.2 Å². The van der Waals surface area contributed by atoms with E-state index in [4.69, 9.17) is 0 Å². The summed E-state index contributed by atoms with van der Waals surface area (Å²) in [6.45, 7) is 4.86. The van der Waals surface area contributed by atoms with E-state index >= 15 is 0 Å². The van der Waals surface area contributed by atoms with Gasteiger partial charge in [0.2, 0.25) is 0 Å². The van der Waals surface area contributed by atoms with Crippen molar-refractivity contribution in [2.45, 2.75) is 31.3 Å². The summed E-state index contributed by atoms with van der Waals surface area (Å²) in [6, 6.07) is 21.9. The minimum atomic E-state index is -3.68. The molecule has 1 aromatic heterocycles. The van der Waals surface area contributed by atoms with E-state index in [-0.39, 0.29) is 16.8 Å². The zero-order valence-corrected chi connectivity index (χ0v) is 16.1. The highest BCUT2D eigenvalue weighted by Gasteiger charge is 2.16. The van der Waals surface area contributed by atoms with E-state index in [2.05, 4.69) is 45.8 Å². The first-order valence-electron chi connectivity index (χ1n) is 8.68. The van der Waals surface area contributed by atoms with Crippen molar-refractivity contribution in [1.29, 1.82) is 0 Å². The van der Waals surface area contributed by atoms with E-state index in [1.165, 1.54) is 17.7 Å². The first-order chi connectivity index (χ1) is 13.0. The molecule has 0 spiro atoms. The Hall–Kier alpha value is -2.93. The molecule has 0 unspecified atom stereocenters. The van der Waals surface area contributed by atoms with Gasteiger partial charge in [-0.25, -0.2) is 8.42 Å². The van der Waals surface area contributed by atoms with Gasteiger partial charge in [0, 0.05) is 12.6 Å². The van der Waals surface area contributed by atoms with Crippen LogP contribution in [0, 0.1) is 0 Å². The first-order valence-corrected chi connectivity index (χ1v) is 10.2. The molecule has 27 heavy (non-hydrogen) atoms. The number of anilines is 2.